The van der Waals surface area contributed by atoms with Crippen molar-refractivity contribution in [3.05, 3.63) is 48.0 Å². The standard InChI is InChI=1S/C19H26N2O2S/c1-18(2,3)24(23)21-16(17(20)22)19(4,5)15-11-10-13-8-6-7-9-14(13)12-15/h6-12,16,21H,1-5H3,(H2,20,22)/t16-,24-/m0/s1. The van der Waals surface area contributed by atoms with Crippen molar-refractivity contribution in [2.45, 2.75) is 50.8 Å². The fraction of sp³-hybridized carbons (Fsp3) is 0.421. The number of amides is 1. The van der Waals surface area contributed by atoms with Crippen LogP contribution in [0, 0.1) is 0 Å². The Hall–Kier alpha value is -1.72. The molecule has 2 aromatic carbocycles. The quantitative estimate of drug-likeness (QED) is 0.873. The lowest BCUT2D eigenvalue weighted by molar-refractivity contribution is -0.120. The summed E-state index contributed by atoms with van der Waals surface area (Å²) >= 11 is 0. The molecule has 0 aromatic heterocycles. The molecule has 4 nitrogen and oxygen atoms in total. The van der Waals surface area contributed by atoms with E-state index in [9.17, 15) is 9.00 Å². The zero-order valence-electron chi connectivity index (χ0n) is 14.9. The number of primary amides is 1. The molecular weight excluding hydrogens is 320 g/mol. The molecule has 0 saturated carbocycles. The van der Waals surface area contributed by atoms with Gasteiger partial charge in [-0.2, -0.15) is 0 Å². The van der Waals surface area contributed by atoms with Gasteiger partial charge >= 0.3 is 0 Å². The van der Waals surface area contributed by atoms with Gasteiger partial charge in [0.2, 0.25) is 5.91 Å². The highest BCUT2D eigenvalue weighted by molar-refractivity contribution is 7.84. The lowest BCUT2D eigenvalue weighted by Crippen LogP contribution is -2.55. The van der Waals surface area contributed by atoms with Crippen LogP contribution in [0.4, 0.5) is 0 Å². The molecule has 0 aliphatic rings. The van der Waals surface area contributed by atoms with E-state index in [0.717, 1.165) is 16.3 Å². The molecule has 0 fully saturated rings. The third kappa shape index (κ3) is 3.84. The van der Waals surface area contributed by atoms with E-state index in [0.29, 0.717) is 0 Å². The number of nitrogens with two attached hydrogens (primary N) is 1. The molecule has 2 rings (SSSR count). The highest BCUT2D eigenvalue weighted by Crippen LogP contribution is 2.30. The maximum Gasteiger partial charge on any atom is 0.236 e. The van der Waals surface area contributed by atoms with Gasteiger partial charge in [-0.05, 0) is 37.1 Å². The SMILES string of the molecule is CC(C)(c1ccc2ccccc2c1)[C@@H](N[S@@](=O)C(C)(C)C)C(N)=O. The van der Waals surface area contributed by atoms with Crippen molar-refractivity contribution in [1.29, 1.82) is 0 Å². The van der Waals surface area contributed by atoms with E-state index in [4.69, 9.17) is 5.73 Å². The topological polar surface area (TPSA) is 72.2 Å². The molecule has 0 aliphatic carbocycles. The predicted molar refractivity (Wildman–Crippen MR) is 101 cm³/mol. The summed E-state index contributed by atoms with van der Waals surface area (Å²) in [4.78, 5) is 12.1. The van der Waals surface area contributed by atoms with Crippen molar-refractivity contribution in [2.75, 3.05) is 0 Å². The second kappa shape index (κ2) is 6.65. The summed E-state index contributed by atoms with van der Waals surface area (Å²) in [6, 6.07) is 13.4. The van der Waals surface area contributed by atoms with Crippen LogP contribution in [-0.2, 0) is 21.2 Å². The van der Waals surface area contributed by atoms with Crippen molar-refractivity contribution in [3.8, 4) is 0 Å². The summed E-state index contributed by atoms with van der Waals surface area (Å²) in [7, 11) is -1.39. The Balaban J connectivity index is 2.42. The Morgan fingerprint density at radius 1 is 1.04 bits per heavy atom. The normalized spacial score (nSPS) is 15.2. The van der Waals surface area contributed by atoms with Crippen LogP contribution in [0.5, 0.6) is 0 Å². The molecule has 24 heavy (non-hydrogen) atoms. The number of hydrogen-bond donors (Lipinski definition) is 2. The molecular formula is C19H26N2O2S. The van der Waals surface area contributed by atoms with Gasteiger partial charge < -0.3 is 5.73 Å². The molecule has 0 bridgehead atoms. The monoisotopic (exact) mass is 346 g/mol. The first kappa shape index (κ1) is 18.6. The molecule has 0 radical (unpaired) electrons. The van der Waals surface area contributed by atoms with Gasteiger partial charge in [-0.25, -0.2) is 8.93 Å². The van der Waals surface area contributed by atoms with Crippen LogP contribution < -0.4 is 10.5 Å². The molecule has 0 unspecified atom stereocenters. The minimum atomic E-state index is -1.39. The van der Waals surface area contributed by atoms with Crippen molar-refractivity contribution < 1.29 is 9.00 Å². The van der Waals surface area contributed by atoms with Gasteiger partial charge in [-0.1, -0.05) is 56.3 Å². The van der Waals surface area contributed by atoms with Gasteiger partial charge in [0.15, 0.2) is 0 Å². The Labute approximate surface area is 146 Å². The fourth-order valence-corrected chi connectivity index (χ4v) is 3.58. The van der Waals surface area contributed by atoms with Crippen LogP contribution in [0.1, 0.15) is 40.2 Å². The number of rotatable bonds is 5. The molecule has 0 spiro atoms. The minimum Gasteiger partial charge on any atom is -0.368 e. The zero-order chi connectivity index (χ0) is 18.1. The molecule has 0 aliphatic heterocycles. The van der Waals surface area contributed by atoms with E-state index < -0.39 is 33.1 Å². The Morgan fingerprint density at radius 3 is 2.17 bits per heavy atom. The highest BCUT2D eigenvalue weighted by Gasteiger charge is 2.38. The molecule has 0 heterocycles. The summed E-state index contributed by atoms with van der Waals surface area (Å²) in [5.74, 6) is -0.509. The van der Waals surface area contributed by atoms with Crippen LogP contribution in [0.25, 0.3) is 10.8 Å². The molecule has 130 valence electrons. The lowest BCUT2D eigenvalue weighted by Gasteiger charge is -2.35. The number of hydrogen-bond acceptors (Lipinski definition) is 2. The van der Waals surface area contributed by atoms with E-state index in [-0.39, 0.29) is 0 Å². The maximum atomic E-state index is 12.5. The van der Waals surface area contributed by atoms with Gasteiger partial charge in [0.25, 0.3) is 0 Å². The van der Waals surface area contributed by atoms with Crippen LogP contribution in [0.2, 0.25) is 0 Å². The van der Waals surface area contributed by atoms with Crippen molar-refractivity contribution in [3.63, 3.8) is 0 Å². The maximum absolute atomic E-state index is 12.5. The summed E-state index contributed by atoms with van der Waals surface area (Å²) in [6.07, 6.45) is 0. The van der Waals surface area contributed by atoms with Gasteiger partial charge in [0.1, 0.15) is 6.04 Å². The zero-order valence-corrected chi connectivity index (χ0v) is 15.7. The van der Waals surface area contributed by atoms with Crippen LogP contribution in [-0.4, -0.2) is 20.9 Å². The lowest BCUT2D eigenvalue weighted by atomic mass is 9.77. The Morgan fingerprint density at radius 2 is 1.62 bits per heavy atom. The van der Waals surface area contributed by atoms with E-state index >= 15 is 0 Å². The second-order valence-corrected chi connectivity index (χ2v) is 9.62. The molecule has 0 saturated heterocycles. The van der Waals surface area contributed by atoms with Crippen molar-refractivity contribution >= 4 is 27.7 Å². The van der Waals surface area contributed by atoms with Gasteiger partial charge in [0.05, 0.1) is 15.7 Å². The van der Waals surface area contributed by atoms with Gasteiger partial charge in [-0.15, -0.1) is 0 Å². The number of carbonyl (C=O) groups is 1. The average Bonchev–Trinajstić information content (AvgIpc) is 2.50. The number of carbonyl (C=O) groups excluding carboxylic acids is 1. The van der Waals surface area contributed by atoms with Gasteiger partial charge in [0, 0.05) is 5.41 Å². The van der Waals surface area contributed by atoms with E-state index in [1.54, 1.807) is 0 Å². The number of nitrogens with one attached hydrogen (secondary N) is 1. The average molecular weight is 346 g/mol. The first-order valence-corrected chi connectivity index (χ1v) is 9.15. The molecule has 2 aromatic rings. The van der Waals surface area contributed by atoms with Crippen LogP contribution in [0.15, 0.2) is 42.5 Å². The van der Waals surface area contributed by atoms with Gasteiger partial charge in [-0.3, -0.25) is 4.79 Å². The number of benzene rings is 2. The third-order valence-corrected chi connectivity index (χ3v) is 5.84. The summed E-state index contributed by atoms with van der Waals surface area (Å²) in [5.41, 5.74) is 6.00. The first-order chi connectivity index (χ1) is 11.0. The fourth-order valence-electron chi connectivity index (χ4n) is 2.60. The Bertz CT molecular complexity index is 778. The molecule has 2 atom stereocenters. The Kier molecular flexibility index (Phi) is 5.16. The smallest absolute Gasteiger partial charge is 0.236 e. The highest BCUT2D eigenvalue weighted by atomic mass is 32.2. The largest absolute Gasteiger partial charge is 0.368 e. The summed E-state index contributed by atoms with van der Waals surface area (Å²) in [6.45, 7) is 9.46. The molecule has 5 heteroatoms. The summed E-state index contributed by atoms with van der Waals surface area (Å²) < 4.78 is 14.9. The number of fused-ring (bicyclic) bond motifs is 1. The molecule has 1 amide bonds. The minimum absolute atomic E-state index is 0.479. The first-order valence-electron chi connectivity index (χ1n) is 8.00. The van der Waals surface area contributed by atoms with E-state index in [1.165, 1.54) is 0 Å². The van der Waals surface area contributed by atoms with E-state index in [2.05, 4.69) is 10.8 Å². The predicted octanol–water partition coefficient (Wildman–Crippen LogP) is 3.02. The van der Waals surface area contributed by atoms with E-state index in [1.807, 2.05) is 71.0 Å². The van der Waals surface area contributed by atoms with Crippen LogP contribution in [0.3, 0.4) is 0 Å². The van der Waals surface area contributed by atoms with Crippen molar-refractivity contribution in [2.24, 2.45) is 5.73 Å². The van der Waals surface area contributed by atoms with Crippen molar-refractivity contribution in [1.82, 2.24) is 4.72 Å². The second-order valence-electron chi connectivity index (χ2n) is 7.62. The third-order valence-electron chi connectivity index (χ3n) is 4.28. The molecule has 3 N–H and O–H groups in total. The van der Waals surface area contributed by atoms with Crippen LogP contribution >= 0.6 is 0 Å². The summed E-state index contributed by atoms with van der Waals surface area (Å²) in [5, 5.41) is 2.24.